The number of imidazole rings is 1. The Morgan fingerprint density at radius 1 is 1.03 bits per heavy atom. The Labute approximate surface area is 232 Å². The van der Waals surface area contributed by atoms with E-state index in [1.807, 2.05) is 30.9 Å². The molecule has 1 saturated heterocycles. The topological polar surface area (TPSA) is 49.2 Å². The molecule has 0 unspecified atom stereocenters. The fourth-order valence-corrected chi connectivity index (χ4v) is 6.01. The molecule has 6 nitrogen and oxygen atoms in total. The predicted octanol–water partition coefficient (Wildman–Crippen LogP) is 5.96. The van der Waals surface area contributed by atoms with Crippen molar-refractivity contribution in [2.45, 2.75) is 64.7 Å². The van der Waals surface area contributed by atoms with Gasteiger partial charge in [-0.3, -0.25) is 14.8 Å². The summed E-state index contributed by atoms with van der Waals surface area (Å²) in [7, 11) is 2.06. The normalized spacial score (nSPS) is 19.9. The zero-order chi connectivity index (χ0) is 27.2. The molecular weight excluding hydrogens is 492 g/mol. The molecule has 3 heterocycles. The van der Waals surface area contributed by atoms with Crippen LogP contribution in [0.4, 0.5) is 0 Å². The van der Waals surface area contributed by atoms with Crippen LogP contribution in [0.25, 0.3) is 11.6 Å². The lowest BCUT2D eigenvalue weighted by molar-refractivity contribution is 0.0486. The highest BCUT2D eigenvalue weighted by atomic mass is 35.5. The average molecular weight is 533 g/mol. The Hall–Kier alpha value is -2.51. The average Bonchev–Trinajstić information content (AvgIpc) is 3.21. The molecule has 0 amide bonds. The van der Waals surface area contributed by atoms with E-state index in [1.165, 1.54) is 16.7 Å². The molecule has 2 aromatic heterocycles. The summed E-state index contributed by atoms with van der Waals surface area (Å²) in [6.45, 7) is 17.6. The van der Waals surface area contributed by atoms with Crippen LogP contribution >= 0.6 is 11.6 Å². The van der Waals surface area contributed by atoms with E-state index in [0.717, 1.165) is 48.2 Å². The minimum Gasteiger partial charge on any atom is -0.336 e. The lowest BCUT2D eigenvalue weighted by atomic mass is 9.88. The van der Waals surface area contributed by atoms with Crippen molar-refractivity contribution in [3.63, 3.8) is 0 Å². The minimum atomic E-state index is -0.124. The SMILES string of the molecule is Cn1cncc1[C@@H](NC(C)(C)C)C1=Cc2cccnc2[C@@H](N2CCN(C(C)(C)C)CC2)c2ccc(Cl)cc21. The van der Waals surface area contributed by atoms with E-state index in [4.69, 9.17) is 16.6 Å². The molecule has 5 rings (SSSR count). The number of hydrogen-bond acceptors (Lipinski definition) is 5. The van der Waals surface area contributed by atoms with Crippen LogP contribution < -0.4 is 5.32 Å². The fraction of sp³-hybridized carbons (Fsp3) is 0.484. The summed E-state index contributed by atoms with van der Waals surface area (Å²) in [5.74, 6) is 0. The van der Waals surface area contributed by atoms with Gasteiger partial charge in [0.2, 0.25) is 0 Å². The smallest absolute Gasteiger partial charge is 0.0946 e. The molecule has 2 atom stereocenters. The van der Waals surface area contributed by atoms with E-state index in [2.05, 4.69) is 97.5 Å². The number of fused-ring (bicyclic) bond motifs is 2. The van der Waals surface area contributed by atoms with Gasteiger partial charge in [-0.1, -0.05) is 23.7 Å². The Kier molecular flexibility index (Phi) is 7.29. The summed E-state index contributed by atoms with van der Waals surface area (Å²) in [5, 5.41) is 4.63. The van der Waals surface area contributed by atoms with Crippen molar-refractivity contribution >= 4 is 23.3 Å². The molecule has 1 fully saturated rings. The Balaban J connectivity index is 1.67. The van der Waals surface area contributed by atoms with Crippen molar-refractivity contribution in [2.75, 3.05) is 26.2 Å². The number of rotatable bonds is 4. The van der Waals surface area contributed by atoms with Crippen LogP contribution in [-0.2, 0) is 7.05 Å². The third-order valence-corrected chi connectivity index (χ3v) is 7.96. The molecule has 202 valence electrons. The second-order valence-corrected chi connectivity index (χ2v) is 13.1. The third-order valence-electron chi connectivity index (χ3n) is 7.73. The second kappa shape index (κ2) is 10.2. The number of pyridine rings is 1. The van der Waals surface area contributed by atoms with E-state index in [9.17, 15) is 0 Å². The molecule has 1 N–H and O–H groups in total. The van der Waals surface area contributed by atoms with Crippen LogP contribution in [0.5, 0.6) is 0 Å². The van der Waals surface area contributed by atoms with Crippen LogP contribution in [-0.4, -0.2) is 61.6 Å². The highest BCUT2D eigenvalue weighted by molar-refractivity contribution is 6.30. The zero-order valence-electron chi connectivity index (χ0n) is 23.8. The molecule has 1 aliphatic heterocycles. The van der Waals surface area contributed by atoms with Gasteiger partial charge in [-0.15, -0.1) is 0 Å². The van der Waals surface area contributed by atoms with E-state index in [0.29, 0.717) is 0 Å². The monoisotopic (exact) mass is 532 g/mol. The number of nitrogens with one attached hydrogen (secondary N) is 1. The lowest BCUT2D eigenvalue weighted by Gasteiger charge is -2.45. The Bertz CT molecular complexity index is 1320. The van der Waals surface area contributed by atoms with Crippen molar-refractivity contribution in [3.05, 3.63) is 82.2 Å². The number of aromatic nitrogens is 3. The number of aryl methyl sites for hydroxylation is 1. The van der Waals surface area contributed by atoms with Gasteiger partial charge in [0, 0.05) is 55.5 Å². The number of piperazine rings is 1. The second-order valence-electron chi connectivity index (χ2n) is 12.7. The van der Waals surface area contributed by atoms with Gasteiger partial charge >= 0.3 is 0 Å². The molecule has 0 saturated carbocycles. The maximum absolute atomic E-state index is 6.70. The molecule has 1 aromatic carbocycles. The lowest BCUT2D eigenvalue weighted by Crippen LogP contribution is -2.54. The molecule has 0 bridgehead atoms. The molecule has 2 aliphatic rings. The van der Waals surface area contributed by atoms with Gasteiger partial charge in [0.05, 0.1) is 36.0 Å². The van der Waals surface area contributed by atoms with Gasteiger partial charge < -0.3 is 9.88 Å². The van der Waals surface area contributed by atoms with Crippen LogP contribution in [0.3, 0.4) is 0 Å². The Morgan fingerprint density at radius 2 is 1.76 bits per heavy atom. The van der Waals surface area contributed by atoms with E-state index in [-0.39, 0.29) is 23.2 Å². The summed E-state index contributed by atoms with van der Waals surface area (Å²) in [5.41, 5.74) is 7.02. The zero-order valence-corrected chi connectivity index (χ0v) is 24.5. The largest absolute Gasteiger partial charge is 0.336 e. The van der Waals surface area contributed by atoms with Crippen molar-refractivity contribution in [3.8, 4) is 0 Å². The first-order chi connectivity index (χ1) is 17.9. The summed E-state index contributed by atoms with van der Waals surface area (Å²) in [4.78, 5) is 14.7. The highest BCUT2D eigenvalue weighted by Crippen LogP contribution is 2.44. The summed E-state index contributed by atoms with van der Waals surface area (Å²) in [6.07, 6.45) is 8.08. The van der Waals surface area contributed by atoms with Crippen molar-refractivity contribution in [1.29, 1.82) is 0 Å². The molecule has 3 aromatic rings. The molecule has 7 heteroatoms. The quantitative estimate of drug-likeness (QED) is 0.449. The highest BCUT2D eigenvalue weighted by Gasteiger charge is 2.37. The van der Waals surface area contributed by atoms with Gasteiger partial charge in [-0.2, -0.15) is 0 Å². The number of hydrogen-bond donors (Lipinski definition) is 1. The summed E-state index contributed by atoms with van der Waals surface area (Å²) in [6, 6.07) is 10.6. The summed E-state index contributed by atoms with van der Waals surface area (Å²) >= 11 is 6.70. The number of halogens is 1. The first-order valence-corrected chi connectivity index (χ1v) is 14.0. The van der Waals surface area contributed by atoms with E-state index < -0.39 is 0 Å². The number of nitrogens with zero attached hydrogens (tertiary/aromatic N) is 5. The number of benzene rings is 1. The standard InChI is InChI=1S/C31H41ClN6/c1-30(2,3)35-28(26-19-33-20-36(26)7)25-17-21-9-8-12-34-27(21)29(23-11-10-22(32)18-24(23)25)37-13-15-38(16-14-37)31(4,5)6/h8-12,17-20,28-29,35H,13-16H2,1-7H3/t28-,29-/m0/s1. The maximum Gasteiger partial charge on any atom is 0.0946 e. The Morgan fingerprint density at radius 3 is 2.39 bits per heavy atom. The van der Waals surface area contributed by atoms with Gasteiger partial charge in [-0.05, 0) is 88.1 Å². The molecule has 0 radical (unpaired) electrons. The minimum absolute atomic E-state index is 0.0520. The predicted molar refractivity (Wildman–Crippen MR) is 157 cm³/mol. The molecule has 38 heavy (non-hydrogen) atoms. The maximum atomic E-state index is 6.70. The van der Waals surface area contributed by atoms with Crippen molar-refractivity contribution in [1.82, 2.24) is 29.7 Å². The van der Waals surface area contributed by atoms with Crippen molar-refractivity contribution < 1.29 is 0 Å². The van der Waals surface area contributed by atoms with Crippen LogP contribution in [0, 0.1) is 0 Å². The molecule has 1 aliphatic carbocycles. The van der Waals surface area contributed by atoms with Crippen molar-refractivity contribution in [2.24, 2.45) is 7.05 Å². The van der Waals surface area contributed by atoms with Crippen LogP contribution in [0.1, 0.15) is 81.7 Å². The summed E-state index contributed by atoms with van der Waals surface area (Å²) < 4.78 is 2.10. The molecule has 0 spiro atoms. The fourth-order valence-electron chi connectivity index (χ4n) is 5.84. The van der Waals surface area contributed by atoms with Crippen LogP contribution in [0.15, 0.2) is 49.1 Å². The third kappa shape index (κ3) is 5.46. The van der Waals surface area contributed by atoms with Crippen LogP contribution in [0.2, 0.25) is 5.02 Å². The van der Waals surface area contributed by atoms with Gasteiger partial charge in [-0.25, -0.2) is 4.98 Å². The first kappa shape index (κ1) is 27.1. The van der Waals surface area contributed by atoms with E-state index in [1.54, 1.807) is 0 Å². The first-order valence-electron chi connectivity index (χ1n) is 13.6. The van der Waals surface area contributed by atoms with Gasteiger partial charge in [0.1, 0.15) is 0 Å². The van der Waals surface area contributed by atoms with Gasteiger partial charge in [0.15, 0.2) is 0 Å². The van der Waals surface area contributed by atoms with E-state index >= 15 is 0 Å². The van der Waals surface area contributed by atoms with Gasteiger partial charge in [0.25, 0.3) is 0 Å². The molecular formula is C31H41ClN6.